The molecule has 0 bridgehead atoms. The molecule has 0 aliphatic carbocycles. The lowest BCUT2D eigenvalue weighted by molar-refractivity contribution is -0.276. The number of β-amino-alcohol motifs (C(OH)–C–C–N with tert-alkyl or cyclic N) is 1. The molecule has 1 aromatic heterocycles. The quantitative estimate of drug-likeness (QED) is 0.311. The maximum absolute atomic E-state index is 13.0. The number of carbonyl (C=O) groups excluding carboxylic acids is 1. The molecule has 4 aromatic rings. The highest BCUT2D eigenvalue weighted by molar-refractivity contribution is 6.03. The minimum atomic E-state index is -0.663. The predicted octanol–water partition coefficient (Wildman–Crippen LogP) is 4.23. The van der Waals surface area contributed by atoms with E-state index in [2.05, 4.69) is 27.1 Å². The van der Waals surface area contributed by atoms with Gasteiger partial charge in [0.2, 0.25) is 0 Å². The summed E-state index contributed by atoms with van der Waals surface area (Å²) in [5, 5.41) is 22.5. The van der Waals surface area contributed by atoms with Crippen LogP contribution in [0.15, 0.2) is 79.0 Å². The Morgan fingerprint density at radius 2 is 1.83 bits per heavy atom. The van der Waals surface area contributed by atoms with Gasteiger partial charge >= 0.3 is 0 Å². The molecule has 212 valence electrons. The second kappa shape index (κ2) is 12.0. The van der Waals surface area contributed by atoms with Crippen molar-refractivity contribution in [1.82, 2.24) is 14.9 Å². The molecule has 2 aliphatic heterocycles. The molecular weight excluding hydrogens is 520 g/mol. The minimum Gasteiger partial charge on any atom is -0.392 e. The van der Waals surface area contributed by atoms with E-state index in [-0.39, 0.29) is 42.4 Å². The lowest BCUT2D eigenvalue weighted by Gasteiger charge is -2.42. The Balaban J connectivity index is 1.23. The first-order valence-corrected chi connectivity index (χ1v) is 14.0. The Labute approximate surface area is 238 Å². The molecule has 0 saturated carbocycles. The number of fused-ring (bicyclic) bond motifs is 1. The number of carbonyl (C=O) groups is 1. The highest BCUT2D eigenvalue weighted by Gasteiger charge is 2.40. The zero-order valence-corrected chi connectivity index (χ0v) is 22.9. The minimum absolute atomic E-state index is 0.0176. The van der Waals surface area contributed by atoms with Crippen molar-refractivity contribution >= 4 is 22.6 Å². The van der Waals surface area contributed by atoms with Gasteiger partial charge in [-0.15, -0.1) is 0 Å². The number of likely N-dealkylation sites (tertiary alicyclic amines) is 1. The molecule has 6 rings (SSSR count). The summed E-state index contributed by atoms with van der Waals surface area (Å²) in [7, 11) is 0. The maximum Gasteiger partial charge on any atom is 0.275 e. The molecule has 0 radical (unpaired) electrons. The smallest absolute Gasteiger partial charge is 0.275 e. The van der Waals surface area contributed by atoms with Crippen LogP contribution in [-0.4, -0.2) is 62.8 Å². The highest BCUT2D eigenvalue weighted by Crippen LogP contribution is 2.42. The van der Waals surface area contributed by atoms with Crippen LogP contribution in [0.1, 0.15) is 52.9 Å². The monoisotopic (exact) mass is 554 g/mol. The van der Waals surface area contributed by atoms with Crippen molar-refractivity contribution in [3.63, 3.8) is 0 Å². The number of aliphatic hydroxyl groups is 2. The van der Waals surface area contributed by atoms with Crippen LogP contribution in [0.3, 0.4) is 0 Å². The topological polar surface area (TPSA) is 117 Å². The summed E-state index contributed by atoms with van der Waals surface area (Å²) < 4.78 is 13.1. The van der Waals surface area contributed by atoms with Gasteiger partial charge in [0.1, 0.15) is 5.69 Å². The third-order valence-corrected chi connectivity index (χ3v) is 7.91. The van der Waals surface area contributed by atoms with Crippen LogP contribution in [0.2, 0.25) is 0 Å². The van der Waals surface area contributed by atoms with Gasteiger partial charge in [0.25, 0.3) is 5.91 Å². The first-order valence-electron chi connectivity index (χ1n) is 14.0. The van der Waals surface area contributed by atoms with Gasteiger partial charge in [0.05, 0.1) is 42.1 Å². The SMILES string of the molecule is C[C@@H]1[C@H](CN2CC[C@H](O)C2)O[C@H](c2cccc(NC(=O)c3cnc4ccccc4n3)c2)O[C@@H]1c1ccc(CO)cc1. The molecule has 3 heterocycles. The second-order valence-electron chi connectivity index (χ2n) is 10.8. The number of anilines is 1. The molecule has 41 heavy (non-hydrogen) atoms. The summed E-state index contributed by atoms with van der Waals surface area (Å²) in [6.45, 7) is 4.25. The number of aliphatic hydroxyl groups excluding tert-OH is 2. The van der Waals surface area contributed by atoms with E-state index >= 15 is 0 Å². The van der Waals surface area contributed by atoms with Crippen molar-refractivity contribution in [2.75, 3.05) is 25.0 Å². The zero-order chi connectivity index (χ0) is 28.3. The van der Waals surface area contributed by atoms with Gasteiger partial charge in [0, 0.05) is 36.8 Å². The molecule has 0 unspecified atom stereocenters. The van der Waals surface area contributed by atoms with E-state index in [0.717, 1.165) is 35.2 Å². The molecule has 1 amide bonds. The summed E-state index contributed by atoms with van der Waals surface area (Å²) in [5.41, 5.74) is 4.83. The van der Waals surface area contributed by atoms with Gasteiger partial charge in [-0.25, -0.2) is 4.98 Å². The summed E-state index contributed by atoms with van der Waals surface area (Å²) >= 11 is 0. The molecule has 9 nitrogen and oxygen atoms in total. The number of hydrogen-bond acceptors (Lipinski definition) is 8. The average Bonchev–Trinajstić information content (AvgIpc) is 3.42. The Hall–Kier alpha value is -3.73. The number of para-hydroxylation sites is 2. The normalized spacial score (nSPS) is 24.9. The van der Waals surface area contributed by atoms with Crippen LogP contribution >= 0.6 is 0 Å². The summed E-state index contributed by atoms with van der Waals surface area (Å²) in [6, 6.07) is 22.7. The number of hydrogen-bond donors (Lipinski definition) is 3. The Morgan fingerprint density at radius 1 is 1.02 bits per heavy atom. The van der Waals surface area contributed by atoms with E-state index in [1.807, 2.05) is 72.8 Å². The summed E-state index contributed by atoms with van der Waals surface area (Å²) in [4.78, 5) is 24.1. The molecule has 0 spiro atoms. The molecule has 3 N–H and O–H groups in total. The molecule has 2 aliphatic rings. The number of benzene rings is 3. The van der Waals surface area contributed by atoms with Gasteiger partial charge in [-0.3, -0.25) is 14.7 Å². The van der Waals surface area contributed by atoms with Crippen LogP contribution < -0.4 is 5.32 Å². The third-order valence-electron chi connectivity index (χ3n) is 7.91. The third kappa shape index (κ3) is 6.14. The molecule has 2 saturated heterocycles. The van der Waals surface area contributed by atoms with E-state index in [0.29, 0.717) is 24.3 Å². The van der Waals surface area contributed by atoms with E-state index in [1.54, 1.807) is 0 Å². The van der Waals surface area contributed by atoms with Crippen LogP contribution in [-0.2, 0) is 16.1 Å². The first-order chi connectivity index (χ1) is 20.0. The predicted molar refractivity (Wildman–Crippen MR) is 154 cm³/mol. The van der Waals surface area contributed by atoms with Crippen molar-refractivity contribution in [3.8, 4) is 0 Å². The Morgan fingerprint density at radius 3 is 2.59 bits per heavy atom. The van der Waals surface area contributed by atoms with Gasteiger partial charge in [0.15, 0.2) is 6.29 Å². The lowest BCUT2D eigenvalue weighted by Crippen LogP contribution is -2.44. The fourth-order valence-electron chi connectivity index (χ4n) is 5.59. The van der Waals surface area contributed by atoms with E-state index in [9.17, 15) is 15.0 Å². The highest BCUT2D eigenvalue weighted by atomic mass is 16.7. The van der Waals surface area contributed by atoms with Crippen molar-refractivity contribution in [2.45, 2.75) is 44.6 Å². The summed E-state index contributed by atoms with van der Waals surface area (Å²) in [6.07, 6.45) is 0.871. The van der Waals surface area contributed by atoms with Crippen LogP contribution in [0.5, 0.6) is 0 Å². The van der Waals surface area contributed by atoms with Crippen molar-refractivity contribution < 1.29 is 24.5 Å². The molecule has 2 fully saturated rings. The molecule has 9 heteroatoms. The molecular formula is C32H34N4O5. The van der Waals surface area contributed by atoms with Crippen molar-refractivity contribution in [2.24, 2.45) is 5.92 Å². The van der Waals surface area contributed by atoms with Gasteiger partial charge in [-0.2, -0.15) is 0 Å². The fourth-order valence-corrected chi connectivity index (χ4v) is 5.59. The van der Waals surface area contributed by atoms with Crippen LogP contribution in [0.4, 0.5) is 5.69 Å². The van der Waals surface area contributed by atoms with E-state index in [4.69, 9.17) is 9.47 Å². The Kier molecular flexibility index (Phi) is 8.04. The average molecular weight is 555 g/mol. The molecule has 3 aromatic carbocycles. The number of nitrogens with zero attached hydrogens (tertiary/aromatic N) is 3. The van der Waals surface area contributed by atoms with E-state index < -0.39 is 6.29 Å². The van der Waals surface area contributed by atoms with Crippen LogP contribution in [0.25, 0.3) is 11.0 Å². The fraction of sp³-hybridized carbons (Fsp3) is 0.344. The van der Waals surface area contributed by atoms with Crippen molar-refractivity contribution in [1.29, 1.82) is 0 Å². The van der Waals surface area contributed by atoms with E-state index in [1.165, 1.54) is 6.20 Å². The number of rotatable bonds is 7. The zero-order valence-electron chi connectivity index (χ0n) is 22.9. The first kappa shape index (κ1) is 27.4. The standard InChI is InChI=1S/C32H34N4O5/c1-20-29(18-36-14-13-25(38)17-36)40-32(41-30(20)22-11-9-21(19-37)10-12-22)23-5-4-6-24(15-23)34-31(39)28-16-33-26-7-2-3-8-27(26)35-28/h2-12,15-16,20,25,29-30,32,37-38H,13-14,17-19H2,1H3,(H,34,39)/t20-,25+,29+,30+,32+/m1/s1. The number of nitrogens with one attached hydrogen (secondary N) is 1. The summed E-state index contributed by atoms with van der Waals surface area (Å²) in [5.74, 6) is -0.315. The van der Waals surface area contributed by atoms with Crippen molar-refractivity contribution in [3.05, 3.63) is 101 Å². The van der Waals surface area contributed by atoms with Gasteiger partial charge < -0.3 is 25.0 Å². The van der Waals surface area contributed by atoms with Gasteiger partial charge in [-0.05, 0) is 41.8 Å². The second-order valence-corrected chi connectivity index (χ2v) is 10.8. The lowest BCUT2D eigenvalue weighted by atomic mass is 9.90. The molecule has 5 atom stereocenters. The largest absolute Gasteiger partial charge is 0.392 e. The number of amides is 1. The van der Waals surface area contributed by atoms with Crippen LogP contribution in [0, 0.1) is 5.92 Å². The number of aromatic nitrogens is 2. The maximum atomic E-state index is 13.0. The number of ether oxygens (including phenoxy) is 2. The van der Waals surface area contributed by atoms with Gasteiger partial charge in [-0.1, -0.05) is 55.5 Å². The Bertz CT molecular complexity index is 1510.